The molecule has 1 aliphatic heterocycles. The van der Waals surface area contributed by atoms with Crippen LogP contribution in [0.4, 0.5) is 5.69 Å². The highest BCUT2D eigenvalue weighted by atomic mass is 14.9. The van der Waals surface area contributed by atoms with Gasteiger partial charge in [-0.25, -0.2) is 0 Å². The van der Waals surface area contributed by atoms with Gasteiger partial charge in [0.05, 0.1) is 0 Å². The first-order valence-corrected chi connectivity index (χ1v) is 6.07. The molecule has 1 aliphatic rings. The maximum Gasteiger partial charge on any atom is 0.0373 e. The van der Waals surface area contributed by atoms with Crippen LogP contribution in [0.1, 0.15) is 44.2 Å². The van der Waals surface area contributed by atoms with Crippen molar-refractivity contribution in [2.45, 2.75) is 39.5 Å². The van der Waals surface area contributed by atoms with Crippen molar-refractivity contribution in [3.8, 4) is 0 Å². The molecule has 1 heteroatoms. The summed E-state index contributed by atoms with van der Waals surface area (Å²) in [5, 5.41) is 3.50. The van der Waals surface area contributed by atoms with Crippen LogP contribution in [-0.2, 0) is 6.42 Å². The lowest BCUT2D eigenvalue weighted by Crippen LogP contribution is -2.20. The number of fused-ring (bicyclic) bond motifs is 1. The fourth-order valence-electron chi connectivity index (χ4n) is 2.23. The summed E-state index contributed by atoms with van der Waals surface area (Å²) in [6, 6.07) is 6.92. The van der Waals surface area contributed by atoms with Crippen LogP contribution >= 0.6 is 0 Å². The molecular formula is C14H21N. The van der Waals surface area contributed by atoms with E-state index < -0.39 is 0 Å². The van der Waals surface area contributed by atoms with Gasteiger partial charge >= 0.3 is 0 Å². The van der Waals surface area contributed by atoms with E-state index in [0.717, 1.165) is 12.5 Å². The Kier molecular flexibility index (Phi) is 2.99. The average molecular weight is 203 g/mol. The molecule has 0 fully saturated rings. The largest absolute Gasteiger partial charge is 0.385 e. The average Bonchev–Trinajstić information content (AvgIpc) is 2.27. The summed E-state index contributed by atoms with van der Waals surface area (Å²) in [7, 11) is 0. The lowest BCUT2D eigenvalue weighted by atomic mass is 9.90. The molecule has 1 aromatic carbocycles. The van der Waals surface area contributed by atoms with Crippen LogP contribution in [0, 0.1) is 5.92 Å². The summed E-state index contributed by atoms with van der Waals surface area (Å²) in [5.74, 6) is 1.46. The van der Waals surface area contributed by atoms with E-state index in [2.05, 4.69) is 44.3 Å². The first-order valence-electron chi connectivity index (χ1n) is 6.07. The molecule has 2 atom stereocenters. The molecule has 0 aliphatic carbocycles. The van der Waals surface area contributed by atoms with Gasteiger partial charge < -0.3 is 5.32 Å². The standard InChI is InChI=1S/C14H21N/c1-4-11(3)12-5-6-14-13(8-12)7-10(2)9-15-14/h5-6,8,10-11,15H,4,7,9H2,1-3H3. The van der Waals surface area contributed by atoms with Crippen molar-refractivity contribution in [2.75, 3.05) is 11.9 Å². The summed E-state index contributed by atoms with van der Waals surface area (Å²) in [6.45, 7) is 7.99. The molecule has 0 aromatic heterocycles. The summed E-state index contributed by atoms with van der Waals surface area (Å²) < 4.78 is 0. The van der Waals surface area contributed by atoms with E-state index in [9.17, 15) is 0 Å². The molecule has 0 amide bonds. The molecule has 0 saturated carbocycles. The van der Waals surface area contributed by atoms with Crippen LogP contribution in [-0.4, -0.2) is 6.54 Å². The second kappa shape index (κ2) is 4.26. The number of nitrogens with one attached hydrogen (secondary N) is 1. The van der Waals surface area contributed by atoms with Crippen LogP contribution in [0.2, 0.25) is 0 Å². The van der Waals surface area contributed by atoms with Crippen LogP contribution in [0.3, 0.4) is 0 Å². The first-order chi connectivity index (χ1) is 7.20. The Morgan fingerprint density at radius 1 is 1.47 bits per heavy atom. The summed E-state index contributed by atoms with van der Waals surface area (Å²) in [6.07, 6.45) is 2.45. The highest BCUT2D eigenvalue weighted by Crippen LogP contribution is 2.29. The summed E-state index contributed by atoms with van der Waals surface area (Å²) in [4.78, 5) is 0. The van der Waals surface area contributed by atoms with Crippen LogP contribution in [0.25, 0.3) is 0 Å². The number of anilines is 1. The zero-order valence-electron chi connectivity index (χ0n) is 10.0. The topological polar surface area (TPSA) is 12.0 Å². The quantitative estimate of drug-likeness (QED) is 0.770. The third-order valence-corrected chi connectivity index (χ3v) is 3.52. The van der Waals surface area contributed by atoms with Gasteiger partial charge in [0.2, 0.25) is 0 Å². The molecule has 0 radical (unpaired) electrons. The van der Waals surface area contributed by atoms with E-state index in [4.69, 9.17) is 0 Å². The first kappa shape index (κ1) is 10.5. The maximum atomic E-state index is 3.50. The Morgan fingerprint density at radius 3 is 3.00 bits per heavy atom. The molecule has 15 heavy (non-hydrogen) atoms. The van der Waals surface area contributed by atoms with Gasteiger partial charge in [-0.3, -0.25) is 0 Å². The van der Waals surface area contributed by atoms with Crippen LogP contribution in [0.15, 0.2) is 18.2 Å². The molecule has 1 nitrogen and oxygen atoms in total. The van der Waals surface area contributed by atoms with Gasteiger partial charge in [-0.15, -0.1) is 0 Å². The zero-order chi connectivity index (χ0) is 10.8. The van der Waals surface area contributed by atoms with Crippen molar-refractivity contribution >= 4 is 5.69 Å². The lowest BCUT2D eigenvalue weighted by Gasteiger charge is -2.24. The number of rotatable bonds is 2. The Labute approximate surface area is 92.9 Å². The van der Waals surface area contributed by atoms with Crippen LogP contribution in [0.5, 0.6) is 0 Å². The van der Waals surface area contributed by atoms with E-state index in [1.807, 2.05) is 0 Å². The van der Waals surface area contributed by atoms with E-state index in [-0.39, 0.29) is 0 Å². The Balaban J connectivity index is 2.28. The zero-order valence-corrected chi connectivity index (χ0v) is 10.0. The lowest BCUT2D eigenvalue weighted by molar-refractivity contribution is 0.593. The number of benzene rings is 1. The van der Waals surface area contributed by atoms with Gasteiger partial charge in [0, 0.05) is 12.2 Å². The van der Waals surface area contributed by atoms with E-state index in [1.165, 1.54) is 29.7 Å². The molecule has 2 rings (SSSR count). The Morgan fingerprint density at radius 2 is 2.27 bits per heavy atom. The molecule has 0 spiro atoms. The second-order valence-electron chi connectivity index (χ2n) is 4.92. The molecule has 1 heterocycles. The second-order valence-corrected chi connectivity index (χ2v) is 4.92. The Hall–Kier alpha value is -0.980. The van der Waals surface area contributed by atoms with Gasteiger partial charge in [-0.05, 0) is 41.9 Å². The molecule has 1 N–H and O–H groups in total. The van der Waals surface area contributed by atoms with Gasteiger partial charge in [0.1, 0.15) is 0 Å². The summed E-state index contributed by atoms with van der Waals surface area (Å²) >= 11 is 0. The monoisotopic (exact) mass is 203 g/mol. The van der Waals surface area contributed by atoms with Crippen molar-refractivity contribution in [1.29, 1.82) is 0 Å². The van der Waals surface area contributed by atoms with Crippen LogP contribution < -0.4 is 5.32 Å². The number of hydrogen-bond acceptors (Lipinski definition) is 1. The third-order valence-electron chi connectivity index (χ3n) is 3.52. The van der Waals surface area contributed by atoms with Crippen molar-refractivity contribution < 1.29 is 0 Å². The van der Waals surface area contributed by atoms with E-state index in [1.54, 1.807) is 0 Å². The third kappa shape index (κ3) is 2.17. The van der Waals surface area contributed by atoms with Gasteiger partial charge in [0.25, 0.3) is 0 Å². The van der Waals surface area contributed by atoms with Crippen molar-refractivity contribution in [2.24, 2.45) is 5.92 Å². The van der Waals surface area contributed by atoms with Gasteiger partial charge in [0.15, 0.2) is 0 Å². The highest BCUT2D eigenvalue weighted by molar-refractivity contribution is 5.55. The van der Waals surface area contributed by atoms with Gasteiger partial charge in [-0.2, -0.15) is 0 Å². The van der Waals surface area contributed by atoms with Gasteiger partial charge in [-0.1, -0.05) is 32.9 Å². The predicted molar refractivity (Wildman–Crippen MR) is 66.5 cm³/mol. The molecular weight excluding hydrogens is 182 g/mol. The van der Waals surface area contributed by atoms with E-state index >= 15 is 0 Å². The number of hydrogen-bond donors (Lipinski definition) is 1. The fourth-order valence-corrected chi connectivity index (χ4v) is 2.23. The maximum absolute atomic E-state index is 3.50. The SMILES string of the molecule is CCC(C)c1ccc2c(c1)CC(C)CN2. The molecule has 0 saturated heterocycles. The van der Waals surface area contributed by atoms with Crippen molar-refractivity contribution in [3.05, 3.63) is 29.3 Å². The molecule has 1 aromatic rings. The molecule has 0 bridgehead atoms. The molecule has 2 unspecified atom stereocenters. The minimum atomic E-state index is 0.688. The highest BCUT2D eigenvalue weighted by Gasteiger charge is 2.15. The van der Waals surface area contributed by atoms with E-state index in [0.29, 0.717) is 5.92 Å². The molecule has 82 valence electrons. The Bertz CT molecular complexity index is 343. The van der Waals surface area contributed by atoms with Crippen molar-refractivity contribution in [3.63, 3.8) is 0 Å². The normalized spacial score (nSPS) is 21.7. The minimum Gasteiger partial charge on any atom is -0.385 e. The minimum absolute atomic E-state index is 0.688. The summed E-state index contributed by atoms with van der Waals surface area (Å²) in [5.41, 5.74) is 4.35. The fraction of sp³-hybridized carbons (Fsp3) is 0.571. The smallest absolute Gasteiger partial charge is 0.0373 e. The predicted octanol–water partition coefficient (Wildman–Crippen LogP) is 3.80. The van der Waals surface area contributed by atoms with Crippen molar-refractivity contribution in [1.82, 2.24) is 0 Å².